The molecular formula is C29H31FN8O4. The van der Waals surface area contributed by atoms with Crippen LogP contribution in [0.2, 0.25) is 0 Å². The van der Waals surface area contributed by atoms with Crippen LogP contribution in [0.5, 0.6) is 0 Å². The van der Waals surface area contributed by atoms with Crippen LogP contribution in [0.1, 0.15) is 67.2 Å². The van der Waals surface area contributed by atoms with Gasteiger partial charge in [0.1, 0.15) is 17.8 Å². The molecule has 3 fully saturated rings. The predicted molar refractivity (Wildman–Crippen MR) is 148 cm³/mol. The summed E-state index contributed by atoms with van der Waals surface area (Å²) in [7, 11) is 0. The Balaban J connectivity index is 1.32. The van der Waals surface area contributed by atoms with E-state index >= 15 is 0 Å². The highest BCUT2D eigenvalue weighted by molar-refractivity contribution is 6.00. The van der Waals surface area contributed by atoms with E-state index in [0.717, 1.165) is 18.4 Å². The monoisotopic (exact) mass is 574 g/mol. The Labute approximate surface area is 240 Å². The molecule has 2 aliphatic heterocycles. The van der Waals surface area contributed by atoms with Crippen molar-refractivity contribution in [1.29, 1.82) is 5.26 Å². The average Bonchev–Trinajstić information content (AvgIpc) is 3.62. The smallest absolute Gasteiger partial charge is 0.255 e. The number of nitrogens with zero attached hydrogens (tertiary/aromatic N) is 6. The van der Waals surface area contributed by atoms with Crippen LogP contribution in [-0.2, 0) is 10.3 Å². The maximum atomic E-state index is 14.5. The van der Waals surface area contributed by atoms with Gasteiger partial charge in [0, 0.05) is 13.1 Å². The van der Waals surface area contributed by atoms with E-state index in [9.17, 15) is 19.6 Å². The third kappa shape index (κ3) is 4.97. The van der Waals surface area contributed by atoms with Crippen molar-refractivity contribution in [1.82, 2.24) is 30.1 Å². The van der Waals surface area contributed by atoms with Crippen LogP contribution < -0.4 is 10.6 Å². The van der Waals surface area contributed by atoms with E-state index in [4.69, 9.17) is 9.15 Å². The van der Waals surface area contributed by atoms with Crippen LogP contribution in [0.3, 0.4) is 0 Å². The Kier molecular flexibility index (Phi) is 6.70. The minimum Gasteiger partial charge on any atom is -0.422 e. The number of fused-ring (bicyclic) bond motifs is 4. The lowest BCUT2D eigenvalue weighted by atomic mass is 9.71. The Morgan fingerprint density at radius 1 is 1.24 bits per heavy atom. The van der Waals surface area contributed by atoms with E-state index in [1.54, 1.807) is 23.6 Å². The fourth-order valence-electron chi connectivity index (χ4n) is 5.56. The number of pyridine rings is 1. The van der Waals surface area contributed by atoms with Crippen LogP contribution in [0.25, 0.3) is 16.9 Å². The second-order valence-corrected chi connectivity index (χ2v) is 11.7. The molecule has 0 radical (unpaired) electrons. The van der Waals surface area contributed by atoms with Crippen molar-refractivity contribution >= 4 is 17.1 Å². The van der Waals surface area contributed by atoms with E-state index < -0.39 is 28.8 Å². The molecule has 218 valence electrons. The largest absolute Gasteiger partial charge is 0.422 e. The molecule has 1 aliphatic carbocycles. The van der Waals surface area contributed by atoms with Gasteiger partial charge in [0.05, 0.1) is 64.2 Å². The number of alkyl halides is 1. The van der Waals surface area contributed by atoms with Gasteiger partial charge in [-0.05, 0) is 63.8 Å². The molecule has 1 saturated carbocycles. The van der Waals surface area contributed by atoms with Gasteiger partial charge in [0.25, 0.3) is 5.91 Å². The first-order valence-corrected chi connectivity index (χ1v) is 13.8. The summed E-state index contributed by atoms with van der Waals surface area (Å²) in [5, 5.41) is 37.9. The SMILES string of the molecule is Cc1nnc(C23CCC(Nc4cc(-c5ccc6cc(C#N)cnn56)ncc4C(=O)NC[C@@H](F)C(C)(C)O)(CC2)CO3)o1. The van der Waals surface area contributed by atoms with Gasteiger partial charge < -0.3 is 24.9 Å². The Morgan fingerprint density at radius 3 is 2.67 bits per heavy atom. The van der Waals surface area contributed by atoms with E-state index in [-0.39, 0.29) is 12.1 Å². The van der Waals surface area contributed by atoms with Gasteiger partial charge in [-0.1, -0.05) is 0 Å². The molecule has 1 atom stereocenters. The lowest BCUT2D eigenvalue weighted by molar-refractivity contribution is -0.166. The van der Waals surface area contributed by atoms with E-state index in [1.807, 2.05) is 12.1 Å². The lowest BCUT2D eigenvalue weighted by Crippen LogP contribution is -2.57. The average molecular weight is 575 g/mol. The van der Waals surface area contributed by atoms with Gasteiger partial charge in [0.15, 0.2) is 0 Å². The van der Waals surface area contributed by atoms with Crippen molar-refractivity contribution in [2.24, 2.45) is 0 Å². The van der Waals surface area contributed by atoms with Crippen LogP contribution in [0.4, 0.5) is 10.1 Å². The molecule has 1 amide bonds. The van der Waals surface area contributed by atoms with Crippen LogP contribution in [0, 0.1) is 18.3 Å². The molecule has 4 aromatic rings. The van der Waals surface area contributed by atoms with E-state index in [0.29, 0.717) is 53.9 Å². The molecule has 2 bridgehead atoms. The zero-order valence-corrected chi connectivity index (χ0v) is 23.5. The number of amides is 1. The maximum absolute atomic E-state index is 14.5. The van der Waals surface area contributed by atoms with Crippen LogP contribution >= 0.6 is 0 Å². The number of aryl methyl sites for hydroxylation is 1. The standard InChI is InChI=1S/C29H31FN8O4/c1-17-36-37-26(42-17)29-8-6-28(7-9-29,16-41-29)35-21-11-22(23-5-4-19-10-18(12-31)13-34-38(19)23)32-14-20(21)25(39)33-15-24(30)27(2,3)40/h4-5,10-11,13-14,24,40H,6-9,15-16H2,1-3H3,(H,32,35)(H,33,39)/t24-,28?,29?/m1/s1. The summed E-state index contributed by atoms with van der Waals surface area (Å²) in [5.41, 5.74) is 0.413. The number of anilines is 1. The molecule has 0 spiro atoms. The number of rotatable bonds is 8. The highest BCUT2D eigenvalue weighted by Crippen LogP contribution is 2.50. The summed E-state index contributed by atoms with van der Waals surface area (Å²) < 4.78 is 28.2. The number of nitriles is 1. The quantitative estimate of drug-likeness (QED) is 0.284. The summed E-state index contributed by atoms with van der Waals surface area (Å²) in [4.78, 5) is 17.9. The molecular weight excluding hydrogens is 543 g/mol. The number of hydrogen-bond acceptors (Lipinski definition) is 10. The van der Waals surface area contributed by atoms with Gasteiger partial charge in [-0.3, -0.25) is 9.78 Å². The summed E-state index contributed by atoms with van der Waals surface area (Å²) >= 11 is 0. The molecule has 13 heteroatoms. The molecule has 0 aromatic carbocycles. The van der Waals surface area contributed by atoms with E-state index in [1.165, 1.54) is 26.2 Å². The Bertz CT molecular complexity index is 1680. The number of carbonyl (C=O) groups is 1. The van der Waals surface area contributed by atoms with E-state index in [2.05, 4.69) is 37.0 Å². The number of aromatic nitrogens is 5. The number of aliphatic hydroxyl groups is 1. The molecule has 12 nitrogen and oxygen atoms in total. The second kappa shape index (κ2) is 10.1. The van der Waals surface area contributed by atoms with Gasteiger partial charge in [0.2, 0.25) is 11.8 Å². The van der Waals surface area contributed by atoms with Crippen molar-refractivity contribution < 1.29 is 23.4 Å². The first-order chi connectivity index (χ1) is 20.0. The lowest BCUT2D eigenvalue weighted by Gasteiger charge is -2.52. The molecule has 2 saturated heterocycles. The van der Waals surface area contributed by atoms with Gasteiger partial charge >= 0.3 is 0 Å². The topological polar surface area (TPSA) is 163 Å². The maximum Gasteiger partial charge on any atom is 0.255 e. The first kappa shape index (κ1) is 27.7. The second-order valence-electron chi connectivity index (χ2n) is 11.7. The van der Waals surface area contributed by atoms with Crippen molar-refractivity contribution in [3.63, 3.8) is 0 Å². The van der Waals surface area contributed by atoms with Crippen LogP contribution in [0.15, 0.2) is 41.1 Å². The molecule has 3 aliphatic rings. The van der Waals surface area contributed by atoms with Gasteiger partial charge in [-0.2, -0.15) is 10.4 Å². The third-order valence-corrected chi connectivity index (χ3v) is 8.20. The molecule has 42 heavy (non-hydrogen) atoms. The predicted octanol–water partition coefficient (Wildman–Crippen LogP) is 3.45. The van der Waals surface area contributed by atoms with Crippen LogP contribution in [-0.4, -0.2) is 66.3 Å². The molecule has 4 aromatic heterocycles. The number of carbonyl (C=O) groups excluding carboxylic acids is 1. The van der Waals surface area contributed by atoms with Crippen molar-refractivity contribution in [3.8, 4) is 17.5 Å². The number of halogens is 1. The minimum absolute atomic E-state index is 0.228. The summed E-state index contributed by atoms with van der Waals surface area (Å²) in [6, 6.07) is 9.26. The Morgan fingerprint density at radius 2 is 2.02 bits per heavy atom. The number of hydrogen-bond donors (Lipinski definition) is 3. The zero-order chi connectivity index (χ0) is 29.7. The first-order valence-electron chi connectivity index (χ1n) is 13.8. The Hall–Kier alpha value is -4.41. The minimum atomic E-state index is -1.66. The summed E-state index contributed by atoms with van der Waals surface area (Å²) in [6.07, 6.45) is 4.03. The zero-order valence-electron chi connectivity index (χ0n) is 23.5. The number of ether oxygens (including phenoxy) is 1. The third-order valence-electron chi connectivity index (χ3n) is 8.20. The highest BCUT2D eigenvalue weighted by Gasteiger charge is 2.53. The van der Waals surface area contributed by atoms with Gasteiger partial charge in [-0.15, -0.1) is 10.2 Å². The number of nitrogens with one attached hydrogen (secondary N) is 2. The fraction of sp³-hybridized carbons (Fsp3) is 0.448. The van der Waals surface area contributed by atoms with Crippen molar-refractivity contribution in [3.05, 3.63) is 59.6 Å². The van der Waals surface area contributed by atoms with Crippen molar-refractivity contribution in [2.45, 2.75) is 69.4 Å². The summed E-state index contributed by atoms with van der Waals surface area (Å²) in [5.74, 6) is 0.444. The molecule has 3 N–H and O–H groups in total. The molecule has 7 rings (SSSR count). The molecule has 6 heterocycles. The fourth-order valence-corrected chi connectivity index (χ4v) is 5.56. The highest BCUT2D eigenvalue weighted by atomic mass is 19.1. The van der Waals surface area contributed by atoms with Gasteiger partial charge in [-0.25, -0.2) is 8.91 Å². The normalized spacial score (nSPS) is 22.6. The van der Waals surface area contributed by atoms with Crippen molar-refractivity contribution in [2.75, 3.05) is 18.5 Å². The molecule has 0 unspecified atom stereocenters. The summed E-state index contributed by atoms with van der Waals surface area (Å²) in [6.45, 7) is 4.44.